The fraction of sp³-hybridized carbons (Fsp3) is 0.733. The Balaban J connectivity index is 1.47. The molecule has 1 N–H and O–H groups in total. The van der Waals surface area contributed by atoms with Gasteiger partial charge in [0.1, 0.15) is 6.04 Å². The highest BCUT2D eigenvalue weighted by molar-refractivity contribution is 5.82. The van der Waals surface area contributed by atoms with E-state index >= 15 is 0 Å². The van der Waals surface area contributed by atoms with Crippen LogP contribution in [-0.2, 0) is 18.4 Å². The molecule has 114 valence electrons. The van der Waals surface area contributed by atoms with Crippen molar-refractivity contribution in [3.05, 3.63) is 17.5 Å². The molecule has 4 rings (SSSR count). The lowest BCUT2D eigenvalue weighted by Crippen LogP contribution is -2.63. The molecule has 6 nitrogen and oxygen atoms in total. The molecule has 2 aliphatic heterocycles. The maximum Gasteiger partial charge on any atom is 0.238 e. The van der Waals surface area contributed by atoms with E-state index in [2.05, 4.69) is 20.2 Å². The number of carbonyl (C=O) groups excluding carboxylic acids is 1. The lowest BCUT2D eigenvalue weighted by atomic mass is 10.1. The smallest absolute Gasteiger partial charge is 0.238 e. The van der Waals surface area contributed by atoms with E-state index in [0.717, 1.165) is 39.3 Å². The molecule has 3 aliphatic rings. The third-order valence-corrected chi connectivity index (χ3v) is 5.00. The normalized spacial score (nSPS) is 27.5. The van der Waals surface area contributed by atoms with E-state index in [1.807, 2.05) is 17.9 Å². The van der Waals surface area contributed by atoms with Crippen molar-refractivity contribution in [2.24, 2.45) is 7.05 Å². The largest absolute Gasteiger partial charge is 0.353 e. The molecule has 0 radical (unpaired) electrons. The molecule has 1 aromatic heterocycles. The van der Waals surface area contributed by atoms with Crippen LogP contribution in [0.1, 0.15) is 30.0 Å². The van der Waals surface area contributed by atoms with Gasteiger partial charge in [0.05, 0.1) is 6.20 Å². The molecule has 0 bridgehead atoms. The van der Waals surface area contributed by atoms with Crippen LogP contribution in [0.25, 0.3) is 0 Å². The van der Waals surface area contributed by atoms with Gasteiger partial charge in [-0.15, -0.1) is 0 Å². The second-order valence-electron chi connectivity index (χ2n) is 6.53. The Morgan fingerprint density at radius 3 is 3.00 bits per heavy atom. The highest BCUT2D eigenvalue weighted by atomic mass is 16.2. The van der Waals surface area contributed by atoms with Crippen molar-refractivity contribution >= 4 is 5.91 Å². The van der Waals surface area contributed by atoms with E-state index in [-0.39, 0.29) is 11.9 Å². The summed E-state index contributed by atoms with van der Waals surface area (Å²) in [6.45, 7) is 5.59. The minimum Gasteiger partial charge on any atom is -0.353 e. The maximum absolute atomic E-state index is 12.0. The molecule has 2 saturated heterocycles. The Hall–Kier alpha value is -1.40. The van der Waals surface area contributed by atoms with Gasteiger partial charge < -0.3 is 5.32 Å². The first-order chi connectivity index (χ1) is 10.2. The van der Waals surface area contributed by atoms with Crippen molar-refractivity contribution in [3.8, 4) is 0 Å². The fourth-order valence-corrected chi connectivity index (χ4v) is 3.72. The van der Waals surface area contributed by atoms with Gasteiger partial charge in [-0.2, -0.15) is 5.10 Å². The first-order valence-corrected chi connectivity index (χ1v) is 7.97. The number of nitrogens with one attached hydrogen (secondary N) is 1. The van der Waals surface area contributed by atoms with Gasteiger partial charge in [0.25, 0.3) is 0 Å². The van der Waals surface area contributed by atoms with Crippen molar-refractivity contribution < 1.29 is 4.79 Å². The number of amides is 1. The number of carbonyl (C=O) groups is 1. The van der Waals surface area contributed by atoms with Gasteiger partial charge >= 0.3 is 0 Å². The van der Waals surface area contributed by atoms with Gasteiger partial charge in [-0.05, 0) is 12.8 Å². The molecule has 3 fully saturated rings. The second-order valence-corrected chi connectivity index (χ2v) is 6.53. The lowest BCUT2D eigenvalue weighted by molar-refractivity contribution is -0.131. The fourth-order valence-electron chi connectivity index (χ4n) is 3.72. The standard InChI is InChI=1S/C15H23N5O/c1-18-14(11-2-3-11)12(8-17-18)9-19-6-7-20-5-4-16-15(21)13(20)10-19/h8,11,13H,2-7,9-10H2,1H3,(H,16,21)/t13-/m0/s1. The van der Waals surface area contributed by atoms with Crippen LogP contribution >= 0.6 is 0 Å². The predicted octanol–water partition coefficient (Wildman–Crippen LogP) is -0.0865. The summed E-state index contributed by atoms with van der Waals surface area (Å²) in [6.07, 6.45) is 4.61. The molecule has 1 aliphatic carbocycles. The molecule has 1 saturated carbocycles. The van der Waals surface area contributed by atoms with Gasteiger partial charge in [0.15, 0.2) is 0 Å². The van der Waals surface area contributed by atoms with Crippen molar-refractivity contribution in [1.29, 1.82) is 0 Å². The third kappa shape index (κ3) is 2.46. The zero-order chi connectivity index (χ0) is 14.4. The van der Waals surface area contributed by atoms with E-state index in [0.29, 0.717) is 5.92 Å². The summed E-state index contributed by atoms with van der Waals surface area (Å²) in [6, 6.07) is 0.0357. The monoisotopic (exact) mass is 289 g/mol. The maximum atomic E-state index is 12.0. The van der Waals surface area contributed by atoms with Crippen molar-refractivity contribution in [2.75, 3.05) is 32.7 Å². The van der Waals surface area contributed by atoms with Crippen molar-refractivity contribution in [1.82, 2.24) is 24.9 Å². The summed E-state index contributed by atoms with van der Waals surface area (Å²) in [4.78, 5) is 16.8. The summed E-state index contributed by atoms with van der Waals surface area (Å²) in [5, 5.41) is 7.43. The van der Waals surface area contributed by atoms with Crippen LogP contribution in [0.5, 0.6) is 0 Å². The van der Waals surface area contributed by atoms with Crippen LogP contribution < -0.4 is 5.32 Å². The van der Waals surface area contributed by atoms with Gasteiger partial charge in [-0.3, -0.25) is 19.3 Å². The van der Waals surface area contributed by atoms with Gasteiger partial charge in [0.2, 0.25) is 5.91 Å². The van der Waals surface area contributed by atoms with Crippen molar-refractivity contribution in [3.63, 3.8) is 0 Å². The molecule has 1 atom stereocenters. The third-order valence-electron chi connectivity index (χ3n) is 5.00. The molecule has 0 aromatic carbocycles. The number of aryl methyl sites for hydroxylation is 1. The van der Waals surface area contributed by atoms with Gasteiger partial charge in [-0.1, -0.05) is 0 Å². The predicted molar refractivity (Wildman–Crippen MR) is 78.8 cm³/mol. The van der Waals surface area contributed by atoms with E-state index in [4.69, 9.17) is 0 Å². The minimum absolute atomic E-state index is 0.0357. The molecule has 3 heterocycles. The van der Waals surface area contributed by atoms with Crippen LogP contribution in [-0.4, -0.2) is 64.3 Å². The molecule has 6 heteroatoms. The number of rotatable bonds is 3. The minimum atomic E-state index is 0.0357. The molecule has 0 spiro atoms. The van der Waals surface area contributed by atoms with Crippen LogP contribution in [0.2, 0.25) is 0 Å². The molecular weight excluding hydrogens is 266 g/mol. The second kappa shape index (κ2) is 5.10. The first-order valence-electron chi connectivity index (χ1n) is 7.97. The topological polar surface area (TPSA) is 53.4 Å². The van der Waals surface area contributed by atoms with Crippen LogP contribution in [0, 0.1) is 0 Å². The quantitative estimate of drug-likeness (QED) is 0.845. The highest BCUT2D eigenvalue weighted by Crippen LogP contribution is 2.41. The summed E-state index contributed by atoms with van der Waals surface area (Å²) >= 11 is 0. The Labute approximate surface area is 125 Å². The van der Waals surface area contributed by atoms with E-state index < -0.39 is 0 Å². The van der Waals surface area contributed by atoms with Gasteiger partial charge in [0, 0.05) is 63.5 Å². The first kappa shape index (κ1) is 13.3. The average Bonchev–Trinajstić information content (AvgIpc) is 3.25. The van der Waals surface area contributed by atoms with E-state index in [1.54, 1.807) is 0 Å². The average molecular weight is 289 g/mol. The van der Waals surface area contributed by atoms with Crippen LogP contribution in [0.3, 0.4) is 0 Å². The SMILES string of the molecule is Cn1ncc(CN2CCN3CCNC(=O)[C@@H]3C2)c1C1CC1. The number of aromatic nitrogens is 2. The molecule has 0 unspecified atom stereocenters. The Bertz CT molecular complexity index is 550. The molecule has 1 aromatic rings. The number of nitrogens with zero attached hydrogens (tertiary/aromatic N) is 4. The summed E-state index contributed by atoms with van der Waals surface area (Å²) in [5.41, 5.74) is 2.76. The zero-order valence-corrected chi connectivity index (χ0v) is 12.6. The number of piperazine rings is 2. The summed E-state index contributed by atoms with van der Waals surface area (Å²) in [5.74, 6) is 0.909. The van der Waals surface area contributed by atoms with Crippen LogP contribution in [0.4, 0.5) is 0 Å². The summed E-state index contributed by atoms with van der Waals surface area (Å²) < 4.78 is 2.04. The summed E-state index contributed by atoms with van der Waals surface area (Å²) in [7, 11) is 2.05. The Morgan fingerprint density at radius 1 is 1.33 bits per heavy atom. The Kier molecular flexibility index (Phi) is 3.23. The Morgan fingerprint density at radius 2 is 2.19 bits per heavy atom. The number of hydrogen-bond donors (Lipinski definition) is 1. The zero-order valence-electron chi connectivity index (χ0n) is 12.6. The van der Waals surface area contributed by atoms with Gasteiger partial charge in [-0.25, -0.2) is 0 Å². The van der Waals surface area contributed by atoms with E-state index in [1.165, 1.54) is 24.1 Å². The highest BCUT2D eigenvalue weighted by Gasteiger charge is 2.35. The lowest BCUT2D eigenvalue weighted by Gasteiger charge is -2.43. The van der Waals surface area contributed by atoms with E-state index in [9.17, 15) is 4.79 Å². The molecule has 21 heavy (non-hydrogen) atoms. The molecular formula is C15H23N5O. The number of fused-ring (bicyclic) bond motifs is 1. The van der Waals surface area contributed by atoms with Crippen molar-refractivity contribution in [2.45, 2.75) is 31.3 Å². The number of hydrogen-bond acceptors (Lipinski definition) is 4. The van der Waals surface area contributed by atoms with Crippen LogP contribution in [0.15, 0.2) is 6.20 Å². The molecule has 1 amide bonds.